The Bertz CT molecular complexity index is 1140. The predicted molar refractivity (Wildman–Crippen MR) is 111 cm³/mol. The van der Waals surface area contributed by atoms with Gasteiger partial charge in [-0.1, -0.05) is 12.1 Å². The van der Waals surface area contributed by atoms with Crippen LogP contribution in [0.5, 0.6) is 0 Å². The van der Waals surface area contributed by atoms with Crippen LogP contribution in [0.1, 0.15) is 19.4 Å². The average Bonchev–Trinajstić information content (AvgIpc) is 3.12. The average molecular weight is 387 g/mol. The van der Waals surface area contributed by atoms with Crippen LogP contribution in [0.2, 0.25) is 0 Å². The highest BCUT2D eigenvalue weighted by molar-refractivity contribution is 5.78. The van der Waals surface area contributed by atoms with Crippen molar-refractivity contribution in [3.05, 3.63) is 60.6 Å². The van der Waals surface area contributed by atoms with Gasteiger partial charge >= 0.3 is 0 Å². The molecule has 0 bridgehead atoms. The number of imidazole rings is 1. The van der Waals surface area contributed by atoms with E-state index < -0.39 is 0 Å². The summed E-state index contributed by atoms with van der Waals surface area (Å²) in [4.78, 5) is 28.9. The van der Waals surface area contributed by atoms with Crippen molar-refractivity contribution in [2.24, 2.45) is 0 Å². The Morgan fingerprint density at radius 2 is 1.83 bits per heavy atom. The molecule has 0 aliphatic carbocycles. The van der Waals surface area contributed by atoms with Crippen LogP contribution in [0.15, 0.2) is 55.0 Å². The van der Waals surface area contributed by atoms with E-state index in [0.717, 1.165) is 40.3 Å². The fourth-order valence-electron chi connectivity index (χ4n) is 3.06. The standard InChI is InChI=1S/C21H21N7O/c1-3-28-19(16-8-10-22-11-9-16)26-18-13-24-21(27-20(18)28)25-17-6-4-15(5-7-17)12-23-14(2)29/h4-11,13H,3,12H2,1-2H3,(H,23,29)(H,24,25,27). The van der Waals surface area contributed by atoms with E-state index in [0.29, 0.717) is 12.5 Å². The van der Waals surface area contributed by atoms with E-state index in [9.17, 15) is 4.79 Å². The first-order chi connectivity index (χ1) is 14.1. The SMILES string of the molecule is CCn1c(-c2ccncc2)nc2cnc(Nc3ccc(CNC(C)=O)cc3)nc21. The fourth-order valence-corrected chi connectivity index (χ4v) is 3.06. The van der Waals surface area contributed by atoms with E-state index in [1.807, 2.05) is 36.4 Å². The molecule has 3 heterocycles. The second-order valence-corrected chi connectivity index (χ2v) is 6.55. The summed E-state index contributed by atoms with van der Waals surface area (Å²) >= 11 is 0. The van der Waals surface area contributed by atoms with Gasteiger partial charge in [-0.3, -0.25) is 9.78 Å². The molecule has 0 fully saturated rings. The first-order valence-electron chi connectivity index (χ1n) is 9.38. The van der Waals surface area contributed by atoms with Crippen molar-refractivity contribution >= 4 is 28.7 Å². The van der Waals surface area contributed by atoms with Crippen molar-refractivity contribution in [1.82, 2.24) is 29.8 Å². The molecule has 0 aliphatic heterocycles. The van der Waals surface area contributed by atoms with Gasteiger partial charge in [-0.15, -0.1) is 0 Å². The normalized spacial score (nSPS) is 10.8. The number of fused-ring (bicyclic) bond motifs is 1. The Morgan fingerprint density at radius 3 is 2.52 bits per heavy atom. The highest BCUT2D eigenvalue weighted by Crippen LogP contribution is 2.24. The largest absolute Gasteiger partial charge is 0.352 e. The molecule has 1 amide bonds. The van der Waals surface area contributed by atoms with Gasteiger partial charge in [0.2, 0.25) is 11.9 Å². The summed E-state index contributed by atoms with van der Waals surface area (Å²) in [5.41, 5.74) is 4.40. The lowest BCUT2D eigenvalue weighted by atomic mass is 10.2. The van der Waals surface area contributed by atoms with Gasteiger partial charge in [0.15, 0.2) is 5.65 Å². The number of pyridine rings is 1. The molecule has 3 aromatic heterocycles. The number of aromatic nitrogens is 5. The van der Waals surface area contributed by atoms with Gasteiger partial charge in [-0.25, -0.2) is 9.97 Å². The molecule has 0 atom stereocenters. The second kappa shape index (κ2) is 8.05. The van der Waals surface area contributed by atoms with E-state index in [2.05, 4.69) is 37.1 Å². The van der Waals surface area contributed by atoms with Gasteiger partial charge in [0.05, 0.1) is 6.20 Å². The van der Waals surface area contributed by atoms with Crippen LogP contribution in [0.4, 0.5) is 11.6 Å². The maximum atomic E-state index is 11.0. The third-order valence-corrected chi connectivity index (χ3v) is 4.49. The molecule has 1 aromatic carbocycles. The molecular formula is C21H21N7O. The third kappa shape index (κ3) is 4.06. The summed E-state index contributed by atoms with van der Waals surface area (Å²) in [6.07, 6.45) is 5.23. The van der Waals surface area contributed by atoms with E-state index >= 15 is 0 Å². The molecule has 0 radical (unpaired) electrons. The van der Waals surface area contributed by atoms with Gasteiger partial charge in [-0.05, 0) is 36.8 Å². The van der Waals surface area contributed by atoms with Gasteiger partial charge < -0.3 is 15.2 Å². The van der Waals surface area contributed by atoms with Crippen LogP contribution in [0.3, 0.4) is 0 Å². The number of nitrogens with zero attached hydrogens (tertiary/aromatic N) is 5. The van der Waals surface area contributed by atoms with Crippen LogP contribution in [0.25, 0.3) is 22.6 Å². The number of hydrogen-bond donors (Lipinski definition) is 2. The molecule has 8 nitrogen and oxygen atoms in total. The number of carbonyl (C=O) groups is 1. The number of hydrogen-bond acceptors (Lipinski definition) is 6. The summed E-state index contributed by atoms with van der Waals surface area (Å²) < 4.78 is 2.06. The van der Waals surface area contributed by atoms with Crippen LogP contribution in [0, 0.1) is 0 Å². The highest BCUT2D eigenvalue weighted by atomic mass is 16.1. The van der Waals surface area contributed by atoms with Crippen molar-refractivity contribution in [2.45, 2.75) is 26.9 Å². The Balaban J connectivity index is 1.60. The van der Waals surface area contributed by atoms with Gasteiger partial charge in [0, 0.05) is 43.7 Å². The molecule has 4 aromatic rings. The maximum Gasteiger partial charge on any atom is 0.229 e. The van der Waals surface area contributed by atoms with Gasteiger partial charge in [0.1, 0.15) is 11.3 Å². The molecular weight excluding hydrogens is 366 g/mol. The zero-order valence-corrected chi connectivity index (χ0v) is 16.3. The lowest BCUT2D eigenvalue weighted by molar-refractivity contribution is -0.119. The van der Waals surface area contributed by atoms with E-state index in [-0.39, 0.29) is 5.91 Å². The van der Waals surface area contributed by atoms with Crippen LogP contribution < -0.4 is 10.6 Å². The number of benzene rings is 1. The summed E-state index contributed by atoms with van der Waals surface area (Å²) in [6, 6.07) is 11.6. The molecule has 0 saturated heterocycles. The van der Waals surface area contributed by atoms with Crippen molar-refractivity contribution in [3.63, 3.8) is 0 Å². The molecule has 0 unspecified atom stereocenters. The second-order valence-electron chi connectivity index (χ2n) is 6.55. The molecule has 4 rings (SSSR count). The van der Waals surface area contributed by atoms with E-state index in [1.54, 1.807) is 18.6 Å². The molecule has 0 saturated carbocycles. The number of rotatable bonds is 6. The van der Waals surface area contributed by atoms with Gasteiger partial charge in [-0.2, -0.15) is 4.98 Å². The number of aryl methyl sites for hydroxylation is 1. The minimum atomic E-state index is -0.0485. The van der Waals surface area contributed by atoms with Crippen LogP contribution in [-0.4, -0.2) is 30.4 Å². The molecule has 0 spiro atoms. The minimum absolute atomic E-state index is 0.0485. The predicted octanol–water partition coefficient (Wildman–Crippen LogP) is 3.29. The minimum Gasteiger partial charge on any atom is -0.352 e. The molecule has 2 N–H and O–H groups in total. The lowest BCUT2D eigenvalue weighted by Crippen LogP contribution is -2.18. The monoisotopic (exact) mass is 387 g/mol. The van der Waals surface area contributed by atoms with Crippen molar-refractivity contribution in [3.8, 4) is 11.4 Å². The first kappa shape index (κ1) is 18.5. The number of amides is 1. The number of carbonyl (C=O) groups excluding carboxylic acids is 1. The molecule has 146 valence electrons. The Labute approximate surface area is 168 Å². The summed E-state index contributed by atoms with van der Waals surface area (Å²) in [7, 11) is 0. The van der Waals surface area contributed by atoms with Crippen molar-refractivity contribution in [1.29, 1.82) is 0 Å². The maximum absolute atomic E-state index is 11.0. The number of nitrogens with one attached hydrogen (secondary N) is 2. The summed E-state index contributed by atoms with van der Waals surface area (Å²) in [5, 5.41) is 6.01. The molecule has 0 aliphatic rings. The first-order valence-corrected chi connectivity index (χ1v) is 9.38. The molecule has 29 heavy (non-hydrogen) atoms. The van der Waals surface area contributed by atoms with Crippen molar-refractivity contribution in [2.75, 3.05) is 5.32 Å². The third-order valence-electron chi connectivity index (χ3n) is 4.49. The van der Waals surface area contributed by atoms with Crippen LogP contribution >= 0.6 is 0 Å². The number of anilines is 2. The topological polar surface area (TPSA) is 97.6 Å². The van der Waals surface area contributed by atoms with E-state index in [4.69, 9.17) is 4.98 Å². The van der Waals surface area contributed by atoms with Gasteiger partial charge in [0.25, 0.3) is 0 Å². The highest BCUT2D eigenvalue weighted by Gasteiger charge is 2.14. The summed E-state index contributed by atoms with van der Waals surface area (Å²) in [5.74, 6) is 1.30. The van der Waals surface area contributed by atoms with Crippen molar-refractivity contribution < 1.29 is 4.79 Å². The quantitative estimate of drug-likeness (QED) is 0.527. The van der Waals surface area contributed by atoms with E-state index in [1.165, 1.54) is 6.92 Å². The lowest BCUT2D eigenvalue weighted by Gasteiger charge is -2.08. The summed E-state index contributed by atoms with van der Waals surface area (Å²) in [6.45, 7) is 4.81. The molecule has 8 heteroatoms. The zero-order valence-electron chi connectivity index (χ0n) is 16.3. The fraction of sp³-hybridized carbons (Fsp3) is 0.190. The Morgan fingerprint density at radius 1 is 1.07 bits per heavy atom. The Hall–Kier alpha value is -3.81. The van der Waals surface area contributed by atoms with Crippen LogP contribution in [-0.2, 0) is 17.9 Å². The Kier molecular flexibility index (Phi) is 5.15. The smallest absolute Gasteiger partial charge is 0.229 e. The zero-order chi connectivity index (χ0) is 20.2.